The van der Waals surface area contributed by atoms with Gasteiger partial charge in [-0.2, -0.15) is 0 Å². The van der Waals surface area contributed by atoms with E-state index in [0.717, 1.165) is 11.3 Å². The number of hydrogen-bond donors (Lipinski definition) is 1. The minimum absolute atomic E-state index is 0.00455. The van der Waals surface area contributed by atoms with Crippen LogP contribution in [0.3, 0.4) is 0 Å². The Morgan fingerprint density at radius 3 is 2.20 bits per heavy atom. The van der Waals surface area contributed by atoms with Crippen LogP contribution in [0.25, 0.3) is 0 Å². The molecule has 1 amide bonds. The maximum Gasteiger partial charge on any atom is 0.265 e. The Hall–Kier alpha value is -2.62. The molecular formula is C21H25NO3. The van der Waals surface area contributed by atoms with Crippen molar-refractivity contribution in [3.63, 3.8) is 0 Å². The topological polar surface area (TPSA) is 55.4 Å². The Kier molecular flexibility index (Phi) is 5.97. The van der Waals surface area contributed by atoms with Crippen LogP contribution < -0.4 is 10.1 Å². The Morgan fingerprint density at radius 2 is 1.64 bits per heavy atom. The van der Waals surface area contributed by atoms with E-state index in [0.29, 0.717) is 17.2 Å². The zero-order chi connectivity index (χ0) is 18.6. The van der Waals surface area contributed by atoms with E-state index >= 15 is 0 Å². The fraction of sp³-hybridized carbons (Fsp3) is 0.333. The van der Waals surface area contributed by atoms with E-state index in [1.54, 1.807) is 31.2 Å². The van der Waals surface area contributed by atoms with Gasteiger partial charge in [0, 0.05) is 11.3 Å². The second kappa shape index (κ2) is 7.97. The summed E-state index contributed by atoms with van der Waals surface area (Å²) in [4.78, 5) is 23.7. The third-order valence-electron chi connectivity index (χ3n) is 4.11. The van der Waals surface area contributed by atoms with Crippen molar-refractivity contribution in [2.24, 2.45) is 0 Å². The molecule has 2 rings (SSSR count). The Bertz CT molecular complexity index is 763. The molecule has 0 spiro atoms. The van der Waals surface area contributed by atoms with Gasteiger partial charge in [-0.3, -0.25) is 9.59 Å². The number of ketones is 1. The maximum absolute atomic E-state index is 12.4. The minimum Gasteiger partial charge on any atom is -0.481 e. The summed E-state index contributed by atoms with van der Waals surface area (Å²) in [5.41, 5.74) is 3.42. The van der Waals surface area contributed by atoms with Gasteiger partial charge in [0.15, 0.2) is 11.9 Å². The molecule has 4 heteroatoms. The van der Waals surface area contributed by atoms with E-state index < -0.39 is 6.10 Å². The van der Waals surface area contributed by atoms with Crippen molar-refractivity contribution in [1.82, 2.24) is 0 Å². The smallest absolute Gasteiger partial charge is 0.265 e. The Morgan fingerprint density at radius 1 is 1.00 bits per heavy atom. The molecule has 132 valence electrons. The van der Waals surface area contributed by atoms with Gasteiger partial charge in [-0.1, -0.05) is 26.0 Å². The summed E-state index contributed by atoms with van der Waals surface area (Å²) in [6.07, 6.45) is -0.631. The molecular weight excluding hydrogens is 314 g/mol. The van der Waals surface area contributed by atoms with E-state index in [1.807, 2.05) is 19.1 Å². The number of amides is 1. The third-order valence-corrected chi connectivity index (χ3v) is 4.11. The molecule has 0 bridgehead atoms. The van der Waals surface area contributed by atoms with Gasteiger partial charge in [-0.25, -0.2) is 0 Å². The van der Waals surface area contributed by atoms with E-state index in [2.05, 4.69) is 25.2 Å². The van der Waals surface area contributed by atoms with Crippen LogP contribution in [-0.4, -0.2) is 17.8 Å². The highest BCUT2D eigenvalue weighted by atomic mass is 16.5. The van der Waals surface area contributed by atoms with E-state index in [-0.39, 0.29) is 11.7 Å². The van der Waals surface area contributed by atoms with Gasteiger partial charge in [-0.05, 0) is 68.1 Å². The van der Waals surface area contributed by atoms with Crippen molar-refractivity contribution in [1.29, 1.82) is 0 Å². The fourth-order valence-electron chi connectivity index (χ4n) is 2.38. The quantitative estimate of drug-likeness (QED) is 0.774. The van der Waals surface area contributed by atoms with Crippen LogP contribution in [0.15, 0.2) is 42.5 Å². The van der Waals surface area contributed by atoms with Gasteiger partial charge < -0.3 is 10.1 Å². The number of ether oxygens (including phenoxy) is 1. The molecule has 0 radical (unpaired) electrons. The second-order valence-electron chi connectivity index (χ2n) is 6.56. The molecule has 0 saturated carbocycles. The molecule has 0 aliphatic carbocycles. The van der Waals surface area contributed by atoms with Gasteiger partial charge in [-0.15, -0.1) is 0 Å². The number of nitrogens with one attached hydrogen (secondary N) is 1. The van der Waals surface area contributed by atoms with E-state index in [9.17, 15) is 9.59 Å². The van der Waals surface area contributed by atoms with E-state index in [1.165, 1.54) is 12.5 Å². The van der Waals surface area contributed by atoms with Gasteiger partial charge in [0.1, 0.15) is 5.75 Å². The van der Waals surface area contributed by atoms with Gasteiger partial charge in [0.2, 0.25) is 0 Å². The number of carbonyl (C=O) groups excluding carboxylic acids is 2. The molecule has 25 heavy (non-hydrogen) atoms. The van der Waals surface area contributed by atoms with Crippen LogP contribution in [0.5, 0.6) is 5.75 Å². The number of benzene rings is 2. The largest absolute Gasteiger partial charge is 0.481 e. The van der Waals surface area contributed by atoms with Crippen molar-refractivity contribution in [2.45, 2.75) is 46.6 Å². The number of Topliss-reactive ketones (excluding diaryl/α,β-unsaturated/α-hetero) is 1. The van der Waals surface area contributed by atoms with Crippen molar-refractivity contribution >= 4 is 17.4 Å². The lowest BCUT2D eigenvalue weighted by Crippen LogP contribution is -2.30. The summed E-state index contributed by atoms with van der Waals surface area (Å²) >= 11 is 0. The molecule has 2 aromatic rings. The van der Waals surface area contributed by atoms with Crippen LogP contribution in [0, 0.1) is 6.92 Å². The number of aryl methyl sites for hydroxylation is 1. The summed E-state index contributed by atoms with van der Waals surface area (Å²) in [5.74, 6) is 0.882. The highest BCUT2D eigenvalue weighted by Crippen LogP contribution is 2.25. The first kappa shape index (κ1) is 18.7. The summed E-state index contributed by atoms with van der Waals surface area (Å²) < 4.78 is 5.87. The average molecular weight is 339 g/mol. The molecule has 0 aromatic heterocycles. The first-order valence-electron chi connectivity index (χ1n) is 8.47. The summed E-state index contributed by atoms with van der Waals surface area (Å²) in [6, 6.07) is 12.9. The van der Waals surface area contributed by atoms with Crippen molar-refractivity contribution in [3.8, 4) is 5.75 Å². The number of anilines is 1. The zero-order valence-electron chi connectivity index (χ0n) is 15.4. The predicted molar refractivity (Wildman–Crippen MR) is 100 cm³/mol. The fourth-order valence-corrected chi connectivity index (χ4v) is 2.38. The molecule has 1 N–H and O–H groups in total. The lowest BCUT2D eigenvalue weighted by molar-refractivity contribution is -0.122. The molecule has 0 fully saturated rings. The first-order valence-corrected chi connectivity index (χ1v) is 8.47. The normalized spacial score (nSPS) is 11.9. The molecule has 0 saturated heterocycles. The van der Waals surface area contributed by atoms with Crippen LogP contribution in [0.2, 0.25) is 0 Å². The lowest BCUT2D eigenvalue weighted by Gasteiger charge is -2.18. The monoisotopic (exact) mass is 339 g/mol. The number of rotatable bonds is 6. The standard InChI is InChI=1S/C21H25NO3/c1-13(2)18-7-6-14(3)20(12-18)25-16(5)21(24)22-19-10-8-17(9-11-19)15(4)23/h6-13,16H,1-5H3,(H,22,24). The molecule has 1 atom stereocenters. The third kappa shape index (κ3) is 4.92. The molecule has 1 unspecified atom stereocenters. The molecule has 0 heterocycles. The van der Waals surface area contributed by atoms with Crippen molar-refractivity contribution in [3.05, 3.63) is 59.2 Å². The molecule has 0 aliphatic heterocycles. The second-order valence-corrected chi connectivity index (χ2v) is 6.56. The molecule has 2 aromatic carbocycles. The number of carbonyl (C=O) groups is 2. The Balaban J connectivity index is 2.05. The lowest BCUT2D eigenvalue weighted by atomic mass is 10.0. The van der Waals surface area contributed by atoms with Gasteiger partial charge in [0.05, 0.1) is 0 Å². The SMILES string of the molecule is CC(=O)c1ccc(NC(=O)C(C)Oc2cc(C(C)C)ccc2C)cc1. The highest BCUT2D eigenvalue weighted by molar-refractivity contribution is 5.96. The van der Waals surface area contributed by atoms with E-state index in [4.69, 9.17) is 4.74 Å². The van der Waals surface area contributed by atoms with Crippen molar-refractivity contribution < 1.29 is 14.3 Å². The van der Waals surface area contributed by atoms with Crippen LogP contribution in [-0.2, 0) is 4.79 Å². The summed E-state index contributed by atoms with van der Waals surface area (Å²) in [7, 11) is 0. The maximum atomic E-state index is 12.4. The summed E-state index contributed by atoms with van der Waals surface area (Å²) in [5, 5.41) is 2.81. The van der Waals surface area contributed by atoms with Gasteiger partial charge >= 0.3 is 0 Å². The molecule has 0 aliphatic rings. The highest BCUT2D eigenvalue weighted by Gasteiger charge is 2.16. The Labute approximate surface area is 149 Å². The first-order chi connectivity index (χ1) is 11.8. The van der Waals surface area contributed by atoms with Crippen molar-refractivity contribution in [2.75, 3.05) is 5.32 Å². The summed E-state index contributed by atoms with van der Waals surface area (Å²) in [6.45, 7) is 9.44. The predicted octanol–water partition coefficient (Wildman–Crippen LogP) is 4.73. The minimum atomic E-state index is -0.631. The van der Waals surface area contributed by atoms with Crippen LogP contribution >= 0.6 is 0 Å². The number of hydrogen-bond acceptors (Lipinski definition) is 3. The van der Waals surface area contributed by atoms with Gasteiger partial charge in [0.25, 0.3) is 5.91 Å². The average Bonchev–Trinajstić information content (AvgIpc) is 2.57. The molecule has 4 nitrogen and oxygen atoms in total. The zero-order valence-corrected chi connectivity index (χ0v) is 15.4. The van der Waals surface area contributed by atoms with Crippen LogP contribution in [0.1, 0.15) is 55.1 Å². The van der Waals surface area contributed by atoms with Crippen LogP contribution in [0.4, 0.5) is 5.69 Å².